The van der Waals surface area contributed by atoms with E-state index in [1.165, 1.54) is 18.4 Å². The van der Waals surface area contributed by atoms with Crippen molar-refractivity contribution < 1.29 is 9.59 Å². The third-order valence-electron chi connectivity index (χ3n) is 5.94. The van der Waals surface area contributed by atoms with Gasteiger partial charge in [-0.05, 0) is 38.0 Å². The number of carbonyl (C=O) groups excluding carboxylic acids is 2. The van der Waals surface area contributed by atoms with Crippen LogP contribution in [0.5, 0.6) is 0 Å². The molecule has 7 heteroatoms. The molecule has 0 spiro atoms. The molecular formula is C19H29N5O2. The maximum atomic E-state index is 12.5. The van der Waals surface area contributed by atoms with Crippen LogP contribution in [0.2, 0.25) is 0 Å². The van der Waals surface area contributed by atoms with Crippen LogP contribution < -0.4 is 5.32 Å². The summed E-state index contributed by atoms with van der Waals surface area (Å²) in [5.41, 5.74) is 1.23. The molecule has 7 nitrogen and oxygen atoms in total. The van der Waals surface area contributed by atoms with Gasteiger partial charge >= 0.3 is 0 Å². The predicted molar refractivity (Wildman–Crippen MR) is 97.1 cm³/mol. The van der Waals surface area contributed by atoms with Gasteiger partial charge in [0.2, 0.25) is 11.8 Å². The Morgan fingerprint density at radius 3 is 2.85 bits per heavy atom. The van der Waals surface area contributed by atoms with Gasteiger partial charge in [-0.3, -0.25) is 19.2 Å². The van der Waals surface area contributed by atoms with E-state index in [0.717, 1.165) is 45.1 Å². The van der Waals surface area contributed by atoms with Crippen molar-refractivity contribution in [3.63, 3.8) is 0 Å². The smallest absolute Gasteiger partial charge is 0.239 e. The monoisotopic (exact) mass is 359 g/mol. The molecule has 1 N–H and O–H groups in total. The lowest BCUT2D eigenvalue weighted by molar-refractivity contribution is -0.133. The number of rotatable bonds is 7. The predicted octanol–water partition coefficient (Wildman–Crippen LogP) is 0.852. The van der Waals surface area contributed by atoms with E-state index < -0.39 is 0 Å². The van der Waals surface area contributed by atoms with Gasteiger partial charge in [-0.25, -0.2) is 0 Å². The molecule has 0 aromatic carbocycles. The van der Waals surface area contributed by atoms with Crippen LogP contribution in [0.15, 0.2) is 12.4 Å². The third-order valence-corrected chi connectivity index (χ3v) is 5.94. The molecule has 3 heterocycles. The van der Waals surface area contributed by atoms with Gasteiger partial charge in [-0.15, -0.1) is 0 Å². The number of likely N-dealkylation sites (tertiary alicyclic amines) is 2. The highest BCUT2D eigenvalue weighted by atomic mass is 16.2. The van der Waals surface area contributed by atoms with Crippen molar-refractivity contribution in [3.8, 4) is 0 Å². The molecule has 1 aromatic rings. The zero-order valence-electron chi connectivity index (χ0n) is 15.6. The molecule has 26 heavy (non-hydrogen) atoms. The SMILES string of the molecule is CCn1cc(CN2C[C@H](NC(=O)CN3CCCC3=O)[C@@H](C3CC3)C2)cn1. The van der Waals surface area contributed by atoms with Crippen molar-refractivity contribution >= 4 is 11.8 Å². The number of aromatic nitrogens is 2. The largest absolute Gasteiger partial charge is 0.350 e. The van der Waals surface area contributed by atoms with Gasteiger partial charge in [0, 0.05) is 56.9 Å². The molecule has 1 aliphatic carbocycles. The Morgan fingerprint density at radius 2 is 2.19 bits per heavy atom. The van der Waals surface area contributed by atoms with Gasteiger partial charge in [0.1, 0.15) is 0 Å². The fourth-order valence-electron chi connectivity index (χ4n) is 4.41. The van der Waals surface area contributed by atoms with Crippen LogP contribution in [0.4, 0.5) is 0 Å². The minimum absolute atomic E-state index is 0.00319. The Kier molecular flexibility index (Phi) is 4.98. The average molecular weight is 359 g/mol. The van der Waals surface area contributed by atoms with E-state index in [4.69, 9.17) is 0 Å². The van der Waals surface area contributed by atoms with Crippen molar-refractivity contribution in [2.24, 2.45) is 11.8 Å². The normalized spacial score (nSPS) is 26.7. The molecule has 0 unspecified atom stereocenters. The second-order valence-electron chi connectivity index (χ2n) is 7.99. The van der Waals surface area contributed by atoms with E-state index in [1.807, 2.05) is 10.9 Å². The summed E-state index contributed by atoms with van der Waals surface area (Å²) in [7, 11) is 0. The van der Waals surface area contributed by atoms with Crippen molar-refractivity contribution in [2.45, 2.75) is 51.7 Å². The summed E-state index contributed by atoms with van der Waals surface area (Å²) in [5, 5.41) is 7.59. The second-order valence-corrected chi connectivity index (χ2v) is 7.99. The number of hydrogen-bond acceptors (Lipinski definition) is 4. The van der Waals surface area contributed by atoms with Crippen molar-refractivity contribution in [1.29, 1.82) is 0 Å². The molecule has 2 amide bonds. The number of nitrogens with zero attached hydrogens (tertiary/aromatic N) is 4. The molecule has 1 saturated carbocycles. The number of aryl methyl sites for hydroxylation is 1. The second kappa shape index (κ2) is 7.39. The molecule has 2 aliphatic heterocycles. The Labute approximate surface area is 154 Å². The molecule has 3 aliphatic rings. The Morgan fingerprint density at radius 1 is 1.35 bits per heavy atom. The molecule has 2 saturated heterocycles. The summed E-state index contributed by atoms with van der Waals surface area (Å²) in [5.74, 6) is 1.39. The first-order valence-corrected chi connectivity index (χ1v) is 9.93. The minimum Gasteiger partial charge on any atom is -0.350 e. The summed E-state index contributed by atoms with van der Waals surface area (Å²) < 4.78 is 1.95. The van der Waals surface area contributed by atoms with Crippen LogP contribution >= 0.6 is 0 Å². The standard InChI is InChI=1S/C19H29N5O2/c1-2-24-10-14(8-20-24)9-22-11-16(15-5-6-15)17(12-22)21-18(25)13-23-7-3-4-19(23)26/h8,10,15-17H,2-7,9,11-13H2,1H3,(H,21,25)/t16-,17+/m1/s1. The zero-order chi connectivity index (χ0) is 18.1. The maximum absolute atomic E-state index is 12.5. The van der Waals surface area contributed by atoms with Gasteiger partial charge in [0.05, 0.1) is 12.7 Å². The fourth-order valence-corrected chi connectivity index (χ4v) is 4.41. The molecule has 0 bridgehead atoms. The number of hydrogen-bond donors (Lipinski definition) is 1. The van der Waals surface area contributed by atoms with E-state index in [9.17, 15) is 9.59 Å². The molecule has 142 valence electrons. The van der Waals surface area contributed by atoms with Crippen LogP contribution in [0.1, 0.15) is 38.2 Å². The van der Waals surface area contributed by atoms with Gasteiger partial charge in [0.15, 0.2) is 0 Å². The topological polar surface area (TPSA) is 70.5 Å². The molecule has 3 fully saturated rings. The van der Waals surface area contributed by atoms with E-state index >= 15 is 0 Å². The van der Waals surface area contributed by atoms with Crippen LogP contribution in [-0.4, -0.2) is 63.6 Å². The van der Waals surface area contributed by atoms with Gasteiger partial charge in [0.25, 0.3) is 0 Å². The van der Waals surface area contributed by atoms with Crippen LogP contribution in [0, 0.1) is 11.8 Å². The lowest BCUT2D eigenvalue weighted by Gasteiger charge is -2.22. The summed E-state index contributed by atoms with van der Waals surface area (Å²) in [4.78, 5) is 28.3. The first-order chi connectivity index (χ1) is 12.6. The highest BCUT2D eigenvalue weighted by molar-refractivity contribution is 5.86. The zero-order valence-corrected chi connectivity index (χ0v) is 15.6. The van der Waals surface area contributed by atoms with E-state index in [1.54, 1.807) is 4.90 Å². The first kappa shape index (κ1) is 17.5. The quantitative estimate of drug-likeness (QED) is 0.784. The number of nitrogens with one attached hydrogen (secondary N) is 1. The molecule has 0 radical (unpaired) electrons. The highest BCUT2D eigenvalue weighted by Crippen LogP contribution is 2.41. The molecule has 1 aromatic heterocycles. The van der Waals surface area contributed by atoms with E-state index in [-0.39, 0.29) is 24.4 Å². The lowest BCUT2D eigenvalue weighted by Crippen LogP contribution is -2.46. The number of carbonyl (C=O) groups is 2. The molecule has 4 rings (SSSR count). The summed E-state index contributed by atoms with van der Waals surface area (Å²) in [6.45, 7) is 6.73. The number of amides is 2. The summed E-state index contributed by atoms with van der Waals surface area (Å²) in [6.07, 6.45) is 8.07. The van der Waals surface area contributed by atoms with Crippen molar-refractivity contribution in [3.05, 3.63) is 18.0 Å². The van der Waals surface area contributed by atoms with Crippen LogP contribution in [-0.2, 0) is 22.7 Å². The van der Waals surface area contributed by atoms with Gasteiger partial charge in [-0.2, -0.15) is 5.10 Å². The molecular weight excluding hydrogens is 330 g/mol. The minimum atomic E-state index is -0.00319. The Balaban J connectivity index is 1.33. The summed E-state index contributed by atoms with van der Waals surface area (Å²) >= 11 is 0. The molecule has 2 atom stereocenters. The Bertz CT molecular complexity index is 669. The van der Waals surface area contributed by atoms with Crippen molar-refractivity contribution in [2.75, 3.05) is 26.2 Å². The van der Waals surface area contributed by atoms with E-state index in [2.05, 4.69) is 28.4 Å². The van der Waals surface area contributed by atoms with Crippen LogP contribution in [0.25, 0.3) is 0 Å². The highest BCUT2D eigenvalue weighted by Gasteiger charge is 2.43. The van der Waals surface area contributed by atoms with Gasteiger partial charge < -0.3 is 10.2 Å². The van der Waals surface area contributed by atoms with Crippen molar-refractivity contribution in [1.82, 2.24) is 24.9 Å². The van der Waals surface area contributed by atoms with E-state index in [0.29, 0.717) is 12.3 Å². The maximum Gasteiger partial charge on any atom is 0.239 e. The fraction of sp³-hybridized carbons (Fsp3) is 0.737. The average Bonchev–Trinajstić information content (AvgIpc) is 3.03. The van der Waals surface area contributed by atoms with Crippen LogP contribution in [0.3, 0.4) is 0 Å². The third kappa shape index (κ3) is 3.92. The first-order valence-electron chi connectivity index (χ1n) is 9.93. The summed E-state index contributed by atoms with van der Waals surface area (Å²) in [6, 6.07) is 0.203. The van der Waals surface area contributed by atoms with Gasteiger partial charge in [-0.1, -0.05) is 0 Å². The Hall–Kier alpha value is -1.89. The lowest BCUT2D eigenvalue weighted by atomic mass is 9.98.